The van der Waals surface area contributed by atoms with Gasteiger partial charge in [0.2, 0.25) is 15.9 Å². The van der Waals surface area contributed by atoms with Crippen LogP contribution in [0.1, 0.15) is 0 Å². The van der Waals surface area contributed by atoms with Gasteiger partial charge in [-0.1, -0.05) is 12.1 Å². The van der Waals surface area contributed by atoms with Crippen molar-refractivity contribution in [3.8, 4) is 23.0 Å². The summed E-state index contributed by atoms with van der Waals surface area (Å²) in [6, 6.07) is 11.9. The van der Waals surface area contributed by atoms with Gasteiger partial charge < -0.3 is 24.3 Å². The Hall–Kier alpha value is -3.14. The molecule has 1 N–H and O–H groups in total. The molecule has 0 fully saturated rings. The zero-order chi connectivity index (χ0) is 21.7. The lowest BCUT2D eigenvalue weighted by molar-refractivity contribution is -0.120. The first-order valence-corrected chi connectivity index (χ1v) is 11.0. The van der Waals surface area contributed by atoms with Crippen LogP contribution >= 0.6 is 0 Å². The van der Waals surface area contributed by atoms with Crippen LogP contribution in [0.5, 0.6) is 23.0 Å². The summed E-state index contributed by atoms with van der Waals surface area (Å²) in [6.45, 7) is 0.0373. The molecule has 0 aromatic heterocycles. The molecule has 0 bridgehead atoms. The van der Waals surface area contributed by atoms with Crippen LogP contribution in [0.4, 0.5) is 5.69 Å². The SMILES string of the molecule is COc1ccc(N(CC(=O)NC[C@H]2COc3ccccc3O2)S(C)(=O)=O)c(OC)c1. The van der Waals surface area contributed by atoms with E-state index in [1.165, 1.54) is 20.3 Å². The predicted octanol–water partition coefficient (Wildman–Crippen LogP) is 1.43. The van der Waals surface area contributed by atoms with Crippen LogP contribution in [0.25, 0.3) is 0 Å². The first-order valence-electron chi connectivity index (χ1n) is 9.16. The summed E-state index contributed by atoms with van der Waals surface area (Å²) >= 11 is 0. The summed E-state index contributed by atoms with van der Waals surface area (Å²) in [5.74, 6) is 1.54. The molecule has 162 valence electrons. The van der Waals surface area contributed by atoms with Gasteiger partial charge >= 0.3 is 0 Å². The van der Waals surface area contributed by atoms with E-state index in [2.05, 4.69) is 5.32 Å². The Balaban J connectivity index is 1.67. The number of nitrogens with zero attached hydrogens (tertiary/aromatic N) is 1. The number of rotatable bonds is 8. The fourth-order valence-electron chi connectivity index (χ4n) is 2.95. The van der Waals surface area contributed by atoms with E-state index in [9.17, 15) is 13.2 Å². The van der Waals surface area contributed by atoms with E-state index in [0.29, 0.717) is 17.2 Å². The average molecular weight is 436 g/mol. The number of methoxy groups -OCH3 is 2. The minimum absolute atomic E-state index is 0.171. The second kappa shape index (κ2) is 9.12. The molecule has 1 amide bonds. The van der Waals surface area contributed by atoms with Gasteiger partial charge in [-0.25, -0.2) is 8.42 Å². The van der Waals surface area contributed by atoms with Crippen molar-refractivity contribution in [1.82, 2.24) is 5.32 Å². The standard InChI is InChI=1S/C20H24N2O7S/c1-26-14-8-9-16(19(10-14)27-2)22(30(3,24)25)12-20(23)21-11-15-13-28-17-6-4-5-7-18(17)29-15/h4-10,15H,11-13H2,1-3H3,(H,21,23)/t15-/m0/s1. The number of carbonyl (C=O) groups is 1. The monoisotopic (exact) mass is 436 g/mol. The number of benzene rings is 2. The summed E-state index contributed by atoms with van der Waals surface area (Å²) in [5.41, 5.74) is 0.238. The second-order valence-electron chi connectivity index (χ2n) is 6.61. The van der Waals surface area contributed by atoms with Gasteiger partial charge in [-0.15, -0.1) is 0 Å². The van der Waals surface area contributed by atoms with Crippen molar-refractivity contribution in [2.45, 2.75) is 6.10 Å². The summed E-state index contributed by atoms with van der Waals surface area (Å²) in [7, 11) is -0.847. The third-order valence-electron chi connectivity index (χ3n) is 4.44. The Kier molecular flexibility index (Phi) is 6.56. The smallest absolute Gasteiger partial charge is 0.240 e. The number of hydrogen-bond acceptors (Lipinski definition) is 7. The summed E-state index contributed by atoms with van der Waals surface area (Å²) in [4.78, 5) is 12.5. The first kappa shape index (κ1) is 21.6. The number of amides is 1. The highest BCUT2D eigenvalue weighted by Gasteiger charge is 2.26. The van der Waals surface area contributed by atoms with Gasteiger partial charge in [0.05, 0.1) is 32.7 Å². The molecule has 10 heteroatoms. The number of para-hydroxylation sites is 2. The molecule has 0 aliphatic carbocycles. The summed E-state index contributed by atoms with van der Waals surface area (Å²) < 4.78 is 47.5. The third-order valence-corrected chi connectivity index (χ3v) is 5.56. The maximum absolute atomic E-state index is 12.5. The minimum Gasteiger partial charge on any atom is -0.497 e. The Labute approximate surface area is 175 Å². The van der Waals surface area contributed by atoms with Crippen molar-refractivity contribution in [3.63, 3.8) is 0 Å². The zero-order valence-electron chi connectivity index (χ0n) is 17.0. The molecule has 0 saturated heterocycles. The Morgan fingerprint density at radius 3 is 2.57 bits per heavy atom. The quantitative estimate of drug-likeness (QED) is 0.668. The van der Waals surface area contributed by atoms with Crippen molar-refractivity contribution in [3.05, 3.63) is 42.5 Å². The maximum Gasteiger partial charge on any atom is 0.240 e. The summed E-state index contributed by atoms with van der Waals surface area (Å²) in [5, 5.41) is 2.70. The molecule has 30 heavy (non-hydrogen) atoms. The number of ether oxygens (including phenoxy) is 4. The van der Waals surface area contributed by atoms with Crippen molar-refractivity contribution >= 4 is 21.6 Å². The van der Waals surface area contributed by atoms with E-state index in [1.807, 2.05) is 12.1 Å². The van der Waals surface area contributed by atoms with E-state index < -0.39 is 22.5 Å². The highest BCUT2D eigenvalue weighted by Crippen LogP contribution is 2.33. The predicted molar refractivity (Wildman–Crippen MR) is 111 cm³/mol. The first-order chi connectivity index (χ1) is 14.3. The van der Waals surface area contributed by atoms with Crippen LogP contribution in [0.3, 0.4) is 0 Å². The minimum atomic E-state index is -3.75. The zero-order valence-corrected chi connectivity index (χ0v) is 17.8. The van der Waals surface area contributed by atoms with Crippen LogP contribution in [-0.2, 0) is 14.8 Å². The molecule has 1 atom stereocenters. The van der Waals surface area contributed by atoms with Crippen molar-refractivity contribution in [1.29, 1.82) is 0 Å². The number of hydrogen-bond donors (Lipinski definition) is 1. The highest BCUT2D eigenvalue weighted by atomic mass is 32.2. The Morgan fingerprint density at radius 1 is 1.17 bits per heavy atom. The Bertz CT molecular complexity index is 1010. The fourth-order valence-corrected chi connectivity index (χ4v) is 3.81. The molecule has 1 aliphatic heterocycles. The largest absolute Gasteiger partial charge is 0.497 e. The van der Waals surface area contributed by atoms with Crippen molar-refractivity contribution in [2.24, 2.45) is 0 Å². The molecule has 0 unspecified atom stereocenters. The van der Waals surface area contributed by atoms with Gasteiger partial charge in [-0.2, -0.15) is 0 Å². The molecule has 1 heterocycles. The third kappa shape index (κ3) is 5.07. The normalized spacial score (nSPS) is 15.2. The molecule has 2 aromatic rings. The van der Waals surface area contributed by atoms with Gasteiger partial charge in [0.1, 0.15) is 30.8 Å². The van der Waals surface area contributed by atoms with Gasteiger partial charge in [0, 0.05) is 6.07 Å². The van der Waals surface area contributed by atoms with Crippen LogP contribution in [-0.4, -0.2) is 60.6 Å². The molecule has 1 aliphatic rings. The fraction of sp³-hybridized carbons (Fsp3) is 0.350. The molecule has 2 aromatic carbocycles. The van der Waals surface area contributed by atoms with Gasteiger partial charge in [-0.3, -0.25) is 9.10 Å². The van der Waals surface area contributed by atoms with E-state index in [-0.39, 0.29) is 30.7 Å². The molecule has 0 spiro atoms. The number of nitrogens with one attached hydrogen (secondary N) is 1. The van der Waals surface area contributed by atoms with Crippen molar-refractivity contribution in [2.75, 3.05) is 44.5 Å². The molecular formula is C20H24N2O7S. The van der Waals surface area contributed by atoms with E-state index in [0.717, 1.165) is 10.6 Å². The highest BCUT2D eigenvalue weighted by molar-refractivity contribution is 7.92. The van der Waals surface area contributed by atoms with Crippen LogP contribution in [0.2, 0.25) is 0 Å². The van der Waals surface area contributed by atoms with Crippen molar-refractivity contribution < 1.29 is 32.2 Å². The molecule has 3 rings (SSSR count). The Morgan fingerprint density at radius 2 is 1.90 bits per heavy atom. The average Bonchev–Trinajstić information content (AvgIpc) is 2.74. The van der Waals surface area contributed by atoms with Gasteiger partial charge in [0.15, 0.2) is 11.5 Å². The van der Waals surface area contributed by atoms with Gasteiger partial charge in [0.25, 0.3) is 0 Å². The number of sulfonamides is 1. The molecule has 0 radical (unpaired) electrons. The van der Waals surface area contributed by atoms with Gasteiger partial charge in [-0.05, 0) is 24.3 Å². The molecule has 0 saturated carbocycles. The lowest BCUT2D eigenvalue weighted by atomic mass is 10.2. The molecular weight excluding hydrogens is 412 g/mol. The number of carbonyl (C=O) groups excluding carboxylic acids is 1. The number of anilines is 1. The van der Waals surface area contributed by atoms with Crippen LogP contribution in [0, 0.1) is 0 Å². The molecule has 9 nitrogen and oxygen atoms in total. The van der Waals surface area contributed by atoms with E-state index >= 15 is 0 Å². The number of fused-ring (bicyclic) bond motifs is 1. The van der Waals surface area contributed by atoms with Crippen LogP contribution in [0.15, 0.2) is 42.5 Å². The van der Waals surface area contributed by atoms with Crippen LogP contribution < -0.4 is 28.6 Å². The van der Waals surface area contributed by atoms with E-state index in [1.54, 1.807) is 24.3 Å². The summed E-state index contributed by atoms with van der Waals surface area (Å²) in [6.07, 6.45) is 0.643. The second-order valence-corrected chi connectivity index (χ2v) is 8.52. The maximum atomic E-state index is 12.5. The topological polar surface area (TPSA) is 103 Å². The lowest BCUT2D eigenvalue weighted by Gasteiger charge is -2.27. The lowest BCUT2D eigenvalue weighted by Crippen LogP contribution is -2.45. The van der Waals surface area contributed by atoms with E-state index in [4.69, 9.17) is 18.9 Å².